The average molecular weight is 430 g/mol. The molecule has 0 aliphatic rings. The van der Waals surface area contributed by atoms with E-state index < -0.39 is 0 Å². The lowest BCUT2D eigenvalue weighted by molar-refractivity contribution is 0.325. The van der Waals surface area contributed by atoms with Crippen LogP contribution in [-0.2, 0) is 4.74 Å². The summed E-state index contributed by atoms with van der Waals surface area (Å²) < 4.78 is 4.97. The number of rotatable bonds is 3. The van der Waals surface area contributed by atoms with Crippen LogP contribution in [0.4, 0.5) is 0 Å². The highest BCUT2D eigenvalue weighted by molar-refractivity contribution is 6.29. The van der Waals surface area contributed by atoms with E-state index in [-0.39, 0.29) is 42.7 Å². The molecule has 0 saturated heterocycles. The van der Waals surface area contributed by atoms with Crippen LogP contribution in [0.1, 0.15) is 18.1 Å². The quantitative estimate of drug-likeness (QED) is 0.329. The van der Waals surface area contributed by atoms with E-state index in [4.69, 9.17) is 44.5 Å². The van der Waals surface area contributed by atoms with Crippen molar-refractivity contribution >= 4 is 59.7 Å². The van der Waals surface area contributed by atoms with E-state index in [9.17, 15) is 0 Å². The highest BCUT2D eigenvalue weighted by atomic mass is 35.5. The second kappa shape index (κ2) is 14.7. The second-order valence-electron chi connectivity index (χ2n) is 3.92. The molecule has 0 atom stereocenters. The fourth-order valence-corrected chi connectivity index (χ4v) is 1.50. The van der Waals surface area contributed by atoms with Gasteiger partial charge in [0.05, 0.1) is 12.2 Å². The number of amidine groups is 1. The van der Waals surface area contributed by atoms with Crippen LogP contribution < -0.4 is 11.9 Å². The van der Waals surface area contributed by atoms with Crippen molar-refractivity contribution in [2.75, 3.05) is 6.61 Å². The summed E-state index contributed by atoms with van der Waals surface area (Å²) in [6.45, 7) is 2.32. The topological polar surface area (TPSA) is 144 Å². The number of ether oxygens (including phenoxy) is 1. The van der Waals surface area contributed by atoms with Crippen LogP contribution in [0.2, 0.25) is 10.3 Å². The van der Waals surface area contributed by atoms with Gasteiger partial charge in [0.2, 0.25) is 5.90 Å². The van der Waals surface area contributed by atoms with Gasteiger partial charge in [-0.05, 0) is 31.2 Å². The molecule has 2 aromatic heterocycles. The fraction of sp³-hybridized carbons (Fsp3) is 0.143. The number of hydrogen-bond donors (Lipinski definition) is 4. The molecule has 0 spiro atoms. The molecule has 0 radical (unpaired) electrons. The van der Waals surface area contributed by atoms with E-state index >= 15 is 0 Å². The molecule has 0 aliphatic heterocycles. The summed E-state index contributed by atoms with van der Waals surface area (Å²) >= 11 is 11.1. The lowest BCUT2D eigenvalue weighted by Gasteiger charge is -2.03. The van der Waals surface area contributed by atoms with Crippen molar-refractivity contribution < 1.29 is 4.74 Å². The van der Waals surface area contributed by atoms with Gasteiger partial charge in [-0.1, -0.05) is 23.2 Å². The number of pyridine rings is 2. The van der Waals surface area contributed by atoms with Gasteiger partial charge in [0.15, 0.2) is 0 Å². The lowest BCUT2D eigenvalue weighted by Crippen LogP contribution is -2.10. The molecule has 0 aromatic carbocycles. The van der Waals surface area contributed by atoms with Crippen molar-refractivity contribution in [2.24, 2.45) is 5.73 Å². The van der Waals surface area contributed by atoms with Gasteiger partial charge < -0.3 is 16.6 Å². The Kier molecular flexibility index (Phi) is 16.5. The third-order valence-electron chi connectivity index (χ3n) is 2.32. The summed E-state index contributed by atoms with van der Waals surface area (Å²) in [4.78, 5) is 7.57. The fourth-order valence-electron chi connectivity index (χ4n) is 1.27. The molecule has 0 fully saturated rings. The van der Waals surface area contributed by atoms with E-state index in [0.717, 1.165) is 0 Å². The van der Waals surface area contributed by atoms with Crippen molar-refractivity contribution in [3.05, 3.63) is 58.1 Å². The number of nitrogens with zero attached hydrogens (tertiary/aromatic N) is 2. The molecule has 0 saturated carbocycles. The monoisotopic (exact) mass is 428 g/mol. The Morgan fingerprint density at radius 3 is 1.76 bits per heavy atom. The summed E-state index contributed by atoms with van der Waals surface area (Å²) in [6.07, 6.45) is 2.98. The molecule has 0 bridgehead atoms. The van der Waals surface area contributed by atoms with Crippen molar-refractivity contribution in [3.63, 3.8) is 0 Å². The van der Waals surface area contributed by atoms with E-state index in [0.29, 0.717) is 28.0 Å². The van der Waals surface area contributed by atoms with Crippen molar-refractivity contribution in [1.82, 2.24) is 16.1 Å². The summed E-state index contributed by atoms with van der Waals surface area (Å²) in [5, 5.41) is 15.2. The molecule has 25 heavy (non-hydrogen) atoms. The summed E-state index contributed by atoms with van der Waals surface area (Å²) in [6, 6.07) is 6.58. The third kappa shape index (κ3) is 10.8. The number of aromatic nitrogens is 2. The SMILES string of the molecule is CCOC(=N)c1ccc(Cl)nc1.Cl.Cl.N.N=C(N)c1ccc(Cl)nc1. The highest BCUT2D eigenvalue weighted by Crippen LogP contribution is 2.06. The van der Waals surface area contributed by atoms with Gasteiger partial charge in [0.25, 0.3) is 0 Å². The summed E-state index contributed by atoms with van der Waals surface area (Å²) in [5.74, 6) is 0.130. The molecular formula is C14H20Cl4N6O. The van der Waals surface area contributed by atoms with Crippen molar-refractivity contribution in [1.29, 1.82) is 10.8 Å². The number of nitrogen functional groups attached to an aromatic ring is 1. The van der Waals surface area contributed by atoms with E-state index in [1.54, 1.807) is 24.3 Å². The molecule has 2 heterocycles. The van der Waals surface area contributed by atoms with Crippen LogP contribution in [0, 0.1) is 10.8 Å². The van der Waals surface area contributed by atoms with Crippen molar-refractivity contribution in [2.45, 2.75) is 6.92 Å². The largest absolute Gasteiger partial charge is 0.478 e. The van der Waals surface area contributed by atoms with Gasteiger partial charge in [0.1, 0.15) is 16.1 Å². The Labute approximate surface area is 168 Å². The zero-order chi connectivity index (χ0) is 16.5. The number of nitrogens with two attached hydrogens (primary N) is 1. The molecule has 0 unspecified atom stereocenters. The lowest BCUT2D eigenvalue weighted by atomic mass is 10.3. The molecule has 7 N–H and O–H groups in total. The molecule has 0 aliphatic carbocycles. The van der Waals surface area contributed by atoms with E-state index in [1.807, 2.05) is 6.92 Å². The smallest absolute Gasteiger partial charge is 0.214 e. The second-order valence-corrected chi connectivity index (χ2v) is 4.69. The molecule has 2 rings (SSSR count). The average Bonchev–Trinajstić information content (AvgIpc) is 2.49. The van der Waals surface area contributed by atoms with Crippen LogP contribution in [0.15, 0.2) is 36.7 Å². The first-order chi connectivity index (χ1) is 10.4. The van der Waals surface area contributed by atoms with Crippen LogP contribution >= 0.6 is 48.0 Å². The van der Waals surface area contributed by atoms with Gasteiger partial charge >= 0.3 is 0 Å². The Balaban J connectivity index is -0.000000350. The van der Waals surface area contributed by atoms with Gasteiger partial charge in [0, 0.05) is 18.0 Å². The molecule has 140 valence electrons. The Hall–Kier alpha value is -1.64. The molecule has 7 nitrogen and oxygen atoms in total. The van der Waals surface area contributed by atoms with Crippen LogP contribution in [0.25, 0.3) is 0 Å². The van der Waals surface area contributed by atoms with E-state index in [2.05, 4.69) is 9.97 Å². The van der Waals surface area contributed by atoms with Gasteiger partial charge in [-0.3, -0.25) is 10.8 Å². The zero-order valence-electron chi connectivity index (χ0n) is 13.3. The third-order valence-corrected chi connectivity index (χ3v) is 2.76. The first-order valence-corrected chi connectivity index (χ1v) is 6.98. The normalized spacial score (nSPS) is 8.28. The Morgan fingerprint density at radius 1 is 1.00 bits per heavy atom. The first kappa shape index (κ1) is 28.2. The standard InChI is InChI=1S/C8H9ClN2O.C6H6ClN3.2ClH.H3N/c1-2-12-8(10)6-3-4-7(9)11-5-6;7-5-2-1-4(3-10-5)6(8)9;;;/h3-5,10H,2H2,1H3;1-3H,(H3,8,9);2*1H;1H3. The van der Waals surface area contributed by atoms with Gasteiger partial charge in [-0.25, -0.2) is 9.97 Å². The number of halogens is 4. The van der Waals surface area contributed by atoms with Crippen LogP contribution in [0.5, 0.6) is 0 Å². The maximum absolute atomic E-state index is 7.39. The number of nitrogens with one attached hydrogen (secondary N) is 2. The van der Waals surface area contributed by atoms with E-state index in [1.165, 1.54) is 12.4 Å². The molecular weight excluding hydrogens is 410 g/mol. The molecule has 0 amide bonds. The minimum absolute atomic E-state index is 0. The predicted molar refractivity (Wildman–Crippen MR) is 107 cm³/mol. The van der Waals surface area contributed by atoms with Gasteiger partial charge in [-0.15, -0.1) is 24.8 Å². The minimum Gasteiger partial charge on any atom is -0.478 e. The maximum Gasteiger partial charge on any atom is 0.214 e. The molecule has 2 aromatic rings. The number of hydrogen-bond acceptors (Lipinski definition) is 6. The summed E-state index contributed by atoms with van der Waals surface area (Å²) in [5.41, 5.74) is 6.39. The highest BCUT2D eigenvalue weighted by Gasteiger charge is 2.00. The van der Waals surface area contributed by atoms with Crippen molar-refractivity contribution in [3.8, 4) is 0 Å². The van der Waals surface area contributed by atoms with Gasteiger partial charge in [-0.2, -0.15) is 0 Å². The first-order valence-electron chi connectivity index (χ1n) is 6.23. The molecule has 11 heteroatoms. The Morgan fingerprint density at radius 2 is 1.44 bits per heavy atom. The zero-order valence-corrected chi connectivity index (χ0v) is 16.5. The van der Waals surface area contributed by atoms with Crippen LogP contribution in [-0.4, -0.2) is 28.3 Å². The van der Waals surface area contributed by atoms with Crippen LogP contribution in [0.3, 0.4) is 0 Å². The predicted octanol–water partition coefficient (Wildman–Crippen LogP) is 4.12. The summed E-state index contributed by atoms with van der Waals surface area (Å²) in [7, 11) is 0. The minimum atomic E-state index is 0. The maximum atomic E-state index is 7.39. The Bertz CT molecular complexity index is 637.